The second-order valence-electron chi connectivity index (χ2n) is 5.39. The fourth-order valence-electron chi connectivity index (χ4n) is 2.40. The Morgan fingerprint density at radius 3 is 2.42 bits per heavy atom. The summed E-state index contributed by atoms with van der Waals surface area (Å²) in [6.07, 6.45) is -0.408. The van der Waals surface area contributed by atoms with Crippen LogP contribution in [0.4, 0.5) is 0 Å². The quantitative estimate of drug-likeness (QED) is 0.805. The van der Waals surface area contributed by atoms with E-state index in [9.17, 15) is 8.42 Å². The summed E-state index contributed by atoms with van der Waals surface area (Å²) in [5, 5.41) is 0.529. The number of sulfonamides is 1. The molecule has 0 aliphatic carbocycles. The van der Waals surface area contributed by atoms with Gasteiger partial charge >= 0.3 is 0 Å². The van der Waals surface area contributed by atoms with Gasteiger partial charge in [-0.05, 0) is 30.3 Å². The van der Waals surface area contributed by atoms with Crippen molar-refractivity contribution in [3.8, 4) is 11.5 Å². The number of likely N-dealkylation sites (N-methyl/N-ethyl adjacent to an activating group) is 1. The molecule has 3 rings (SSSR count). The Morgan fingerprint density at radius 1 is 1.12 bits per heavy atom. The van der Waals surface area contributed by atoms with Gasteiger partial charge in [0, 0.05) is 17.1 Å². The Balaban J connectivity index is 1.76. The summed E-state index contributed by atoms with van der Waals surface area (Å²) in [4.78, 5) is 0.0413. The van der Waals surface area contributed by atoms with Crippen LogP contribution in [0.2, 0.25) is 10.0 Å². The SMILES string of the molecule is CN(CC1COc2ccccc2O1)S(=O)(=O)c1cc(Cl)cc(Cl)c1. The van der Waals surface area contributed by atoms with E-state index in [2.05, 4.69) is 0 Å². The summed E-state index contributed by atoms with van der Waals surface area (Å²) in [5.41, 5.74) is 0. The van der Waals surface area contributed by atoms with Gasteiger partial charge in [0.05, 0.1) is 11.4 Å². The van der Waals surface area contributed by atoms with Gasteiger partial charge in [0.1, 0.15) is 12.7 Å². The van der Waals surface area contributed by atoms with Crippen molar-refractivity contribution < 1.29 is 17.9 Å². The number of fused-ring (bicyclic) bond motifs is 1. The Kier molecular flexibility index (Phi) is 4.92. The third kappa shape index (κ3) is 3.62. The highest BCUT2D eigenvalue weighted by atomic mass is 35.5. The molecule has 1 aliphatic heterocycles. The number of benzene rings is 2. The Labute approximate surface area is 150 Å². The summed E-state index contributed by atoms with van der Waals surface area (Å²) >= 11 is 11.8. The standard InChI is InChI=1S/C16H15Cl2NO4S/c1-19(24(20,21)14-7-11(17)6-12(18)8-14)9-13-10-22-15-4-2-3-5-16(15)23-13/h2-8,13H,9-10H2,1H3. The molecular formula is C16H15Cl2NO4S. The minimum atomic E-state index is -3.73. The predicted molar refractivity (Wildman–Crippen MR) is 92.6 cm³/mol. The van der Waals surface area contributed by atoms with Gasteiger partial charge < -0.3 is 9.47 Å². The van der Waals surface area contributed by atoms with E-state index >= 15 is 0 Å². The molecule has 1 unspecified atom stereocenters. The first-order valence-corrected chi connectivity index (χ1v) is 9.37. The van der Waals surface area contributed by atoms with Crippen molar-refractivity contribution in [1.29, 1.82) is 0 Å². The number of ether oxygens (including phenoxy) is 2. The van der Waals surface area contributed by atoms with E-state index in [1.165, 1.54) is 29.6 Å². The number of hydrogen-bond donors (Lipinski definition) is 0. The van der Waals surface area contributed by atoms with Crippen LogP contribution in [0.5, 0.6) is 11.5 Å². The van der Waals surface area contributed by atoms with Gasteiger partial charge in [-0.1, -0.05) is 35.3 Å². The number of para-hydroxylation sites is 2. The van der Waals surface area contributed by atoms with E-state index in [0.29, 0.717) is 11.5 Å². The Bertz CT molecular complexity index is 837. The lowest BCUT2D eigenvalue weighted by atomic mass is 10.2. The largest absolute Gasteiger partial charge is 0.486 e. The van der Waals surface area contributed by atoms with Crippen LogP contribution in [0.3, 0.4) is 0 Å². The molecule has 0 radical (unpaired) electrons. The second kappa shape index (κ2) is 6.80. The maximum Gasteiger partial charge on any atom is 0.243 e. The van der Waals surface area contributed by atoms with Gasteiger partial charge in [0.2, 0.25) is 10.0 Å². The molecule has 24 heavy (non-hydrogen) atoms. The molecule has 0 amide bonds. The summed E-state index contributed by atoms with van der Waals surface area (Å²) in [6, 6.07) is 11.5. The lowest BCUT2D eigenvalue weighted by Crippen LogP contribution is -2.41. The van der Waals surface area contributed by atoms with Crippen molar-refractivity contribution in [2.24, 2.45) is 0 Å². The van der Waals surface area contributed by atoms with Crippen LogP contribution in [0.25, 0.3) is 0 Å². The first-order chi connectivity index (χ1) is 11.4. The molecule has 1 atom stereocenters. The van der Waals surface area contributed by atoms with Gasteiger partial charge in [-0.3, -0.25) is 0 Å². The highest BCUT2D eigenvalue weighted by Gasteiger charge is 2.28. The predicted octanol–water partition coefficient (Wildman–Crippen LogP) is 3.45. The van der Waals surface area contributed by atoms with Crippen LogP contribution in [0.15, 0.2) is 47.4 Å². The minimum Gasteiger partial charge on any atom is -0.486 e. The first-order valence-electron chi connectivity index (χ1n) is 7.17. The van der Waals surface area contributed by atoms with E-state index < -0.39 is 16.1 Å². The van der Waals surface area contributed by atoms with Gasteiger partial charge in [-0.25, -0.2) is 8.42 Å². The van der Waals surface area contributed by atoms with Crippen LogP contribution in [0.1, 0.15) is 0 Å². The van der Waals surface area contributed by atoms with E-state index in [-0.39, 0.29) is 28.1 Å². The van der Waals surface area contributed by atoms with E-state index in [1.807, 2.05) is 12.1 Å². The van der Waals surface area contributed by atoms with Crippen LogP contribution in [-0.2, 0) is 10.0 Å². The molecule has 0 bridgehead atoms. The summed E-state index contributed by atoms with van der Waals surface area (Å²) < 4.78 is 37.9. The van der Waals surface area contributed by atoms with Crippen molar-refractivity contribution >= 4 is 33.2 Å². The highest BCUT2D eigenvalue weighted by Crippen LogP contribution is 2.31. The highest BCUT2D eigenvalue weighted by molar-refractivity contribution is 7.89. The molecule has 2 aromatic rings. The summed E-state index contributed by atoms with van der Waals surface area (Å²) in [5.74, 6) is 1.26. The van der Waals surface area contributed by atoms with Crippen LogP contribution in [-0.4, -0.2) is 39.0 Å². The fourth-order valence-corrected chi connectivity index (χ4v) is 4.32. The van der Waals surface area contributed by atoms with Crippen molar-refractivity contribution in [2.75, 3.05) is 20.2 Å². The molecular weight excluding hydrogens is 373 g/mol. The maximum atomic E-state index is 12.7. The van der Waals surface area contributed by atoms with Gasteiger partial charge in [-0.15, -0.1) is 0 Å². The number of nitrogens with zero attached hydrogens (tertiary/aromatic N) is 1. The second-order valence-corrected chi connectivity index (χ2v) is 8.31. The van der Waals surface area contributed by atoms with E-state index in [1.54, 1.807) is 12.1 Å². The van der Waals surface area contributed by atoms with Crippen molar-refractivity contribution in [3.05, 3.63) is 52.5 Å². The molecule has 2 aromatic carbocycles. The number of hydrogen-bond acceptors (Lipinski definition) is 4. The Hall–Kier alpha value is -1.47. The molecule has 1 aliphatic rings. The van der Waals surface area contributed by atoms with E-state index in [0.717, 1.165) is 0 Å². The Morgan fingerprint density at radius 2 is 1.75 bits per heavy atom. The van der Waals surface area contributed by atoms with Gasteiger partial charge in [0.25, 0.3) is 0 Å². The van der Waals surface area contributed by atoms with Crippen molar-refractivity contribution in [2.45, 2.75) is 11.0 Å². The number of halogens is 2. The van der Waals surface area contributed by atoms with Crippen LogP contribution >= 0.6 is 23.2 Å². The minimum absolute atomic E-state index is 0.0413. The molecule has 0 aromatic heterocycles. The van der Waals surface area contributed by atoms with E-state index in [4.69, 9.17) is 32.7 Å². The average Bonchev–Trinajstić information content (AvgIpc) is 2.53. The van der Waals surface area contributed by atoms with Gasteiger partial charge in [-0.2, -0.15) is 4.31 Å². The fraction of sp³-hybridized carbons (Fsp3) is 0.250. The topological polar surface area (TPSA) is 55.8 Å². The smallest absolute Gasteiger partial charge is 0.243 e. The summed E-state index contributed by atoms with van der Waals surface area (Å²) in [7, 11) is -2.25. The molecule has 0 spiro atoms. The van der Waals surface area contributed by atoms with Gasteiger partial charge in [0.15, 0.2) is 11.5 Å². The average molecular weight is 388 g/mol. The van der Waals surface area contributed by atoms with Crippen LogP contribution < -0.4 is 9.47 Å². The zero-order chi connectivity index (χ0) is 17.3. The van der Waals surface area contributed by atoms with Crippen molar-refractivity contribution in [3.63, 3.8) is 0 Å². The first kappa shape index (κ1) is 17.4. The molecule has 8 heteroatoms. The zero-order valence-electron chi connectivity index (χ0n) is 12.8. The zero-order valence-corrected chi connectivity index (χ0v) is 15.1. The lowest BCUT2D eigenvalue weighted by Gasteiger charge is -2.29. The number of rotatable bonds is 4. The molecule has 5 nitrogen and oxygen atoms in total. The molecule has 0 saturated heterocycles. The molecule has 0 saturated carbocycles. The normalized spacial score (nSPS) is 17.1. The van der Waals surface area contributed by atoms with Crippen LogP contribution in [0, 0.1) is 0 Å². The third-order valence-corrected chi connectivity index (χ3v) is 5.81. The van der Waals surface area contributed by atoms with Crippen molar-refractivity contribution in [1.82, 2.24) is 4.31 Å². The monoisotopic (exact) mass is 387 g/mol. The molecule has 128 valence electrons. The third-order valence-electron chi connectivity index (χ3n) is 3.57. The molecule has 0 fully saturated rings. The molecule has 0 N–H and O–H groups in total. The molecule has 1 heterocycles. The summed E-state index contributed by atoms with van der Waals surface area (Å²) in [6.45, 7) is 0.411. The lowest BCUT2D eigenvalue weighted by molar-refractivity contribution is 0.0798. The maximum absolute atomic E-state index is 12.7.